The van der Waals surface area contributed by atoms with Crippen LogP contribution in [0.5, 0.6) is 0 Å². The molecule has 1 aliphatic rings. The van der Waals surface area contributed by atoms with Gasteiger partial charge in [0.2, 0.25) is 5.91 Å². The Morgan fingerprint density at radius 2 is 1.94 bits per heavy atom. The Balaban J connectivity index is 1.50. The van der Waals surface area contributed by atoms with Crippen molar-refractivity contribution in [2.45, 2.75) is 33.7 Å². The molecule has 0 unspecified atom stereocenters. The number of amides is 1. The number of pyridine rings is 2. The second-order valence-electron chi connectivity index (χ2n) is 10.0. The number of aliphatic hydroxyl groups excluding tert-OH is 1. The maximum atomic E-state index is 13.0. The van der Waals surface area contributed by atoms with E-state index < -0.39 is 5.41 Å². The minimum atomic E-state index is -0.795. The molecule has 0 fully saturated rings. The predicted octanol–water partition coefficient (Wildman–Crippen LogP) is 3.60. The monoisotopic (exact) mass is 470 g/mol. The summed E-state index contributed by atoms with van der Waals surface area (Å²) in [6.07, 6.45) is 4.34. The van der Waals surface area contributed by atoms with E-state index in [9.17, 15) is 14.7 Å². The number of benzene rings is 1. The number of aryl methyl sites for hydroxylation is 2. The Morgan fingerprint density at radius 3 is 2.63 bits per heavy atom. The summed E-state index contributed by atoms with van der Waals surface area (Å²) in [6.45, 7) is 6.50. The van der Waals surface area contributed by atoms with Crippen molar-refractivity contribution in [3.63, 3.8) is 0 Å². The molecule has 4 heterocycles. The zero-order valence-electron chi connectivity index (χ0n) is 20.6. The smallest absolute Gasteiger partial charge is 0.255 e. The number of fused-ring (bicyclic) bond motifs is 3. The maximum Gasteiger partial charge on any atom is 0.255 e. The summed E-state index contributed by atoms with van der Waals surface area (Å²) in [7, 11) is 2.04. The number of carbonyl (C=O) groups is 1. The lowest BCUT2D eigenvalue weighted by Gasteiger charge is -2.33. The van der Waals surface area contributed by atoms with E-state index in [4.69, 9.17) is 0 Å². The second-order valence-corrected chi connectivity index (χ2v) is 10.0. The van der Waals surface area contributed by atoms with Crippen molar-refractivity contribution in [2.75, 3.05) is 13.2 Å². The number of rotatable bonds is 4. The first-order valence-electron chi connectivity index (χ1n) is 11.9. The molecule has 1 amide bonds. The molecule has 180 valence electrons. The van der Waals surface area contributed by atoms with E-state index in [0.717, 1.165) is 45.4 Å². The van der Waals surface area contributed by atoms with E-state index in [1.54, 1.807) is 36.9 Å². The minimum Gasteiger partial charge on any atom is -0.395 e. The Bertz CT molecular complexity index is 1500. The summed E-state index contributed by atoms with van der Waals surface area (Å²) in [5.41, 5.74) is 5.88. The topological polar surface area (TPSA) is 80.4 Å². The molecule has 7 nitrogen and oxygen atoms in total. The lowest BCUT2D eigenvalue weighted by molar-refractivity contribution is -0.143. The molecule has 35 heavy (non-hydrogen) atoms. The summed E-state index contributed by atoms with van der Waals surface area (Å²) < 4.78 is 3.81. The average Bonchev–Trinajstić information content (AvgIpc) is 3.14. The third-order valence-corrected chi connectivity index (χ3v) is 7.05. The normalized spacial score (nSPS) is 13.8. The first-order valence-corrected chi connectivity index (χ1v) is 11.9. The average molecular weight is 471 g/mol. The van der Waals surface area contributed by atoms with Crippen LogP contribution in [0.3, 0.4) is 0 Å². The number of hydrogen-bond donors (Lipinski definition) is 1. The van der Waals surface area contributed by atoms with Gasteiger partial charge in [-0.1, -0.05) is 12.1 Å². The lowest BCUT2D eigenvalue weighted by Crippen LogP contribution is -2.45. The fraction of sp³-hybridized carbons (Fsp3) is 0.321. The van der Waals surface area contributed by atoms with Gasteiger partial charge in [0.25, 0.3) is 5.56 Å². The molecule has 1 aliphatic heterocycles. The maximum absolute atomic E-state index is 13.0. The van der Waals surface area contributed by atoms with Gasteiger partial charge in [-0.2, -0.15) is 0 Å². The Labute approximate surface area is 204 Å². The van der Waals surface area contributed by atoms with Gasteiger partial charge >= 0.3 is 0 Å². The van der Waals surface area contributed by atoms with E-state index >= 15 is 0 Å². The highest BCUT2D eigenvalue weighted by atomic mass is 16.3. The summed E-state index contributed by atoms with van der Waals surface area (Å²) in [4.78, 5) is 32.2. The number of nitrogens with zero attached hydrogens (tertiary/aromatic N) is 4. The molecule has 0 radical (unpaired) electrons. The molecule has 4 aromatic rings. The predicted molar refractivity (Wildman–Crippen MR) is 136 cm³/mol. The van der Waals surface area contributed by atoms with Gasteiger partial charge in [-0.05, 0) is 50.6 Å². The highest BCUT2D eigenvalue weighted by molar-refractivity contribution is 5.89. The van der Waals surface area contributed by atoms with Crippen molar-refractivity contribution in [3.8, 4) is 16.9 Å². The lowest BCUT2D eigenvalue weighted by atomic mass is 9.91. The Morgan fingerprint density at radius 1 is 1.14 bits per heavy atom. The Kier molecular flexibility index (Phi) is 5.60. The molecule has 1 aromatic carbocycles. The van der Waals surface area contributed by atoms with Crippen LogP contribution in [0, 0.1) is 12.3 Å². The van der Waals surface area contributed by atoms with Crippen LogP contribution >= 0.6 is 0 Å². The molecule has 0 saturated heterocycles. The zero-order chi connectivity index (χ0) is 24.9. The first-order chi connectivity index (χ1) is 16.7. The molecule has 0 aliphatic carbocycles. The third-order valence-electron chi connectivity index (χ3n) is 7.05. The largest absolute Gasteiger partial charge is 0.395 e. The highest BCUT2D eigenvalue weighted by Crippen LogP contribution is 2.33. The van der Waals surface area contributed by atoms with Crippen LogP contribution in [0.4, 0.5) is 0 Å². The Hall–Kier alpha value is -3.71. The molecule has 3 aromatic heterocycles. The van der Waals surface area contributed by atoms with E-state index in [-0.39, 0.29) is 18.1 Å². The van der Waals surface area contributed by atoms with Gasteiger partial charge in [-0.25, -0.2) is 0 Å². The van der Waals surface area contributed by atoms with E-state index in [0.29, 0.717) is 13.1 Å². The number of hydrogen-bond acceptors (Lipinski definition) is 4. The highest BCUT2D eigenvalue weighted by Gasteiger charge is 2.34. The molecular formula is C28H30N4O3. The zero-order valence-corrected chi connectivity index (χ0v) is 20.6. The van der Waals surface area contributed by atoms with Gasteiger partial charge in [0.15, 0.2) is 0 Å². The molecular weight excluding hydrogens is 440 g/mol. The van der Waals surface area contributed by atoms with E-state index in [1.807, 2.05) is 55.3 Å². The van der Waals surface area contributed by atoms with Crippen LogP contribution in [0.25, 0.3) is 27.8 Å². The van der Waals surface area contributed by atoms with Crippen molar-refractivity contribution in [2.24, 2.45) is 12.5 Å². The van der Waals surface area contributed by atoms with Crippen molar-refractivity contribution in [3.05, 3.63) is 82.0 Å². The standard InChI is InChI=1S/C28H30N4O3/c1-18-5-8-23(29-15-18)19-9-12-32(26(34)13-19)20-6-7-21-22-16-31(27(35)28(2,3)17-33)11-10-24(22)30(4)25(21)14-20/h5-9,12-15,33H,10-11,16-17H2,1-4H3. The summed E-state index contributed by atoms with van der Waals surface area (Å²) in [6, 6.07) is 13.4. The van der Waals surface area contributed by atoms with E-state index in [2.05, 4.69) is 9.55 Å². The van der Waals surface area contributed by atoms with Crippen LogP contribution in [0.2, 0.25) is 0 Å². The summed E-state index contributed by atoms with van der Waals surface area (Å²) in [5, 5.41) is 10.7. The van der Waals surface area contributed by atoms with Gasteiger partial charge in [0.1, 0.15) is 0 Å². The third kappa shape index (κ3) is 3.96. The molecule has 7 heteroatoms. The minimum absolute atomic E-state index is 0.0334. The SMILES string of the molecule is Cc1ccc(-c2ccn(-c3ccc4c5c(n(C)c4c3)CCN(C(=O)C(C)(C)CO)C5)c(=O)c2)nc1. The van der Waals surface area contributed by atoms with Gasteiger partial charge in [0.05, 0.1) is 28.9 Å². The van der Waals surface area contributed by atoms with Crippen LogP contribution in [0.15, 0.2) is 59.7 Å². The van der Waals surface area contributed by atoms with E-state index in [1.165, 1.54) is 5.69 Å². The number of aromatic nitrogens is 3. The van der Waals surface area contributed by atoms with Crippen molar-refractivity contribution < 1.29 is 9.90 Å². The van der Waals surface area contributed by atoms with Crippen LogP contribution < -0.4 is 5.56 Å². The molecule has 0 atom stereocenters. The number of aliphatic hydroxyl groups is 1. The molecule has 0 spiro atoms. The fourth-order valence-electron chi connectivity index (χ4n) is 4.87. The van der Waals surface area contributed by atoms with Gasteiger partial charge in [-0.15, -0.1) is 0 Å². The van der Waals surface area contributed by atoms with Crippen LogP contribution in [0.1, 0.15) is 30.7 Å². The molecule has 1 N–H and O–H groups in total. The molecule has 0 saturated carbocycles. The molecule has 5 rings (SSSR count). The second kappa shape index (κ2) is 8.50. The quantitative estimate of drug-likeness (QED) is 0.494. The van der Waals surface area contributed by atoms with Crippen LogP contribution in [-0.4, -0.2) is 43.2 Å². The summed E-state index contributed by atoms with van der Waals surface area (Å²) in [5.74, 6) is -0.0334. The fourth-order valence-corrected chi connectivity index (χ4v) is 4.87. The first kappa shape index (κ1) is 23.1. The van der Waals surface area contributed by atoms with Gasteiger partial charge in [0, 0.05) is 67.2 Å². The van der Waals surface area contributed by atoms with Gasteiger partial charge < -0.3 is 14.6 Å². The van der Waals surface area contributed by atoms with Crippen molar-refractivity contribution >= 4 is 16.8 Å². The van der Waals surface area contributed by atoms with Crippen molar-refractivity contribution in [1.82, 2.24) is 19.0 Å². The summed E-state index contributed by atoms with van der Waals surface area (Å²) >= 11 is 0. The van der Waals surface area contributed by atoms with Crippen molar-refractivity contribution in [1.29, 1.82) is 0 Å². The molecule has 0 bridgehead atoms. The van der Waals surface area contributed by atoms with Crippen LogP contribution in [-0.2, 0) is 24.8 Å². The van der Waals surface area contributed by atoms with Gasteiger partial charge in [-0.3, -0.25) is 19.1 Å². The number of carbonyl (C=O) groups excluding carboxylic acids is 1.